The third-order valence-electron chi connectivity index (χ3n) is 1.77. The number of benzene rings is 1. The molecule has 0 radical (unpaired) electrons. The quantitative estimate of drug-likeness (QED) is 0.850. The molecular weight excluding hydrogens is 285 g/mol. The monoisotopic (exact) mass is 297 g/mol. The van der Waals surface area contributed by atoms with Crippen molar-refractivity contribution in [3.63, 3.8) is 0 Å². The van der Waals surface area contributed by atoms with Crippen molar-refractivity contribution < 1.29 is 13.3 Å². The largest absolute Gasteiger partial charge is 0.287 e. The molecule has 0 unspecified atom stereocenters. The molecule has 0 saturated carbocycles. The van der Waals surface area contributed by atoms with Crippen LogP contribution in [0.15, 0.2) is 23.1 Å². The molecule has 4 nitrogen and oxygen atoms in total. The molecule has 0 aromatic heterocycles. The van der Waals surface area contributed by atoms with Crippen LogP contribution >= 0.6 is 23.2 Å². The van der Waals surface area contributed by atoms with Crippen molar-refractivity contribution in [3.8, 4) is 0 Å². The standard InChI is InChI=1S/C10H13Cl2NO3S/c1-7(2)6-16-13-17(14,15)10-5-8(11)3-4-9(10)12/h3-5,7,13H,6H2,1-2H3. The highest BCUT2D eigenvalue weighted by atomic mass is 35.5. The molecule has 0 fully saturated rings. The van der Waals surface area contributed by atoms with E-state index in [4.69, 9.17) is 28.0 Å². The first-order valence-corrected chi connectivity index (χ1v) is 7.15. The summed E-state index contributed by atoms with van der Waals surface area (Å²) in [4.78, 5) is 6.77. The Labute approximate surface area is 111 Å². The molecule has 1 rings (SSSR count). The molecule has 96 valence electrons. The van der Waals surface area contributed by atoms with Crippen molar-refractivity contribution in [1.29, 1.82) is 0 Å². The second kappa shape index (κ2) is 6.02. The summed E-state index contributed by atoms with van der Waals surface area (Å²) in [7, 11) is -3.80. The Morgan fingerprint density at radius 1 is 1.35 bits per heavy atom. The Bertz CT molecular complexity index is 488. The Hall–Kier alpha value is -0.330. The number of hydrogen-bond acceptors (Lipinski definition) is 3. The third-order valence-corrected chi connectivity index (χ3v) is 3.70. The van der Waals surface area contributed by atoms with Gasteiger partial charge in [-0.2, -0.15) is 0 Å². The van der Waals surface area contributed by atoms with Gasteiger partial charge in [0.2, 0.25) is 0 Å². The first-order valence-electron chi connectivity index (χ1n) is 4.91. The Morgan fingerprint density at radius 2 is 2.00 bits per heavy atom. The van der Waals surface area contributed by atoms with E-state index in [1.807, 2.05) is 18.7 Å². The minimum absolute atomic E-state index is 0.0926. The first kappa shape index (κ1) is 14.7. The van der Waals surface area contributed by atoms with Crippen LogP contribution in [0.4, 0.5) is 0 Å². The van der Waals surface area contributed by atoms with Gasteiger partial charge < -0.3 is 0 Å². The Kier molecular flexibility index (Phi) is 5.22. The lowest BCUT2D eigenvalue weighted by Crippen LogP contribution is -2.26. The molecular formula is C10H13Cl2NO3S. The zero-order valence-corrected chi connectivity index (χ0v) is 11.7. The normalized spacial score (nSPS) is 12.1. The average Bonchev–Trinajstić information content (AvgIpc) is 2.20. The lowest BCUT2D eigenvalue weighted by atomic mass is 10.2. The van der Waals surface area contributed by atoms with Crippen LogP contribution in [0.25, 0.3) is 0 Å². The van der Waals surface area contributed by atoms with E-state index in [1.165, 1.54) is 18.2 Å². The fourth-order valence-corrected chi connectivity index (χ4v) is 2.59. The van der Waals surface area contributed by atoms with Gasteiger partial charge in [-0.15, -0.1) is 0 Å². The topological polar surface area (TPSA) is 55.4 Å². The number of hydrogen-bond donors (Lipinski definition) is 1. The van der Waals surface area contributed by atoms with E-state index < -0.39 is 10.0 Å². The number of nitrogens with one attached hydrogen (secondary N) is 1. The van der Waals surface area contributed by atoms with Gasteiger partial charge in [-0.1, -0.05) is 41.9 Å². The van der Waals surface area contributed by atoms with Gasteiger partial charge in [0.15, 0.2) is 0 Å². The maximum Gasteiger partial charge on any atom is 0.264 e. The zero-order chi connectivity index (χ0) is 13.1. The van der Waals surface area contributed by atoms with Crippen LogP contribution in [0, 0.1) is 5.92 Å². The van der Waals surface area contributed by atoms with Gasteiger partial charge in [0.05, 0.1) is 11.6 Å². The van der Waals surface area contributed by atoms with E-state index in [9.17, 15) is 8.42 Å². The Morgan fingerprint density at radius 3 is 2.59 bits per heavy atom. The summed E-state index contributed by atoms with van der Waals surface area (Å²) in [5, 5.41) is 0.383. The number of sulfonamides is 1. The molecule has 0 aliphatic heterocycles. The molecule has 7 heteroatoms. The van der Waals surface area contributed by atoms with Gasteiger partial charge in [0.25, 0.3) is 10.0 Å². The second-order valence-corrected chi connectivity index (χ2v) is 6.32. The van der Waals surface area contributed by atoms with Gasteiger partial charge in [0.1, 0.15) is 4.90 Å². The molecule has 1 N–H and O–H groups in total. The zero-order valence-electron chi connectivity index (χ0n) is 9.41. The minimum atomic E-state index is -3.80. The van der Waals surface area contributed by atoms with Crippen LogP contribution in [0.5, 0.6) is 0 Å². The van der Waals surface area contributed by atoms with Crippen LogP contribution < -0.4 is 4.89 Å². The summed E-state index contributed by atoms with van der Waals surface area (Å²) in [6, 6.07) is 4.20. The van der Waals surface area contributed by atoms with E-state index in [1.54, 1.807) is 0 Å². The second-order valence-electron chi connectivity index (χ2n) is 3.87. The van der Waals surface area contributed by atoms with Crippen molar-refractivity contribution in [1.82, 2.24) is 4.89 Å². The molecule has 0 heterocycles. The predicted molar refractivity (Wildman–Crippen MR) is 67.6 cm³/mol. The lowest BCUT2D eigenvalue weighted by molar-refractivity contribution is 0.0719. The van der Waals surface area contributed by atoms with Crippen molar-refractivity contribution >= 4 is 33.2 Å². The van der Waals surface area contributed by atoms with E-state index in [0.717, 1.165) is 0 Å². The summed E-state index contributed by atoms with van der Waals surface area (Å²) < 4.78 is 23.6. The van der Waals surface area contributed by atoms with Crippen LogP contribution in [-0.2, 0) is 14.9 Å². The minimum Gasteiger partial charge on any atom is -0.287 e. The maximum atomic E-state index is 11.8. The number of halogens is 2. The van der Waals surface area contributed by atoms with Gasteiger partial charge in [0, 0.05) is 5.02 Å². The first-order chi connectivity index (χ1) is 7.83. The molecule has 1 aromatic rings. The van der Waals surface area contributed by atoms with Crippen molar-refractivity contribution in [3.05, 3.63) is 28.2 Å². The van der Waals surface area contributed by atoms with Crippen LogP contribution in [0.1, 0.15) is 13.8 Å². The average molecular weight is 298 g/mol. The van der Waals surface area contributed by atoms with E-state index in [-0.39, 0.29) is 22.4 Å². The SMILES string of the molecule is CC(C)CONS(=O)(=O)c1cc(Cl)ccc1Cl. The summed E-state index contributed by atoms with van der Waals surface area (Å²) >= 11 is 11.5. The Balaban J connectivity index is 2.86. The summed E-state index contributed by atoms with van der Waals surface area (Å²) in [6.07, 6.45) is 0. The third kappa shape index (κ3) is 4.44. The molecule has 0 aliphatic rings. The molecule has 0 bridgehead atoms. The van der Waals surface area contributed by atoms with Gasteiger partial charge in [-0.3, -0.25) is 4.84 Å². The van der Waals surface area contributed by atoms with E-state index in [2.05, 4.69) is 0 Å². The van der Waals surface area contributed by atoms with Crippen LogP contribution in [-0.4, -0.2) is 15.0 Å². The van der Waals surface area contributed by atoms with Gasteiger partial charge in [-0.05, 0) is 24.1 Å². The van der Waals surface area contributed by atoms with E-state index in [0.29, 0.717) is 5.02 Å². The summed E-state index contributed by atoms with van der Waals surface area (Å²) in [5.74, 6) is 0.215. The smallest absolute Gasteiger partial charge is 0.264 e. The maximum absolute atomic E-state index is 11.8. The summed E-state index contributed by atoms with van der Waals surface area (Å²) in [5.41, 5.74) is 0. The molecule has 0 saturated heterocycles. The highest BCUT2D eigenvalue weighted by Gasteiger charge is 2.18. The van der Waals surface area contributed by atoms with Crippen LogP contribution in [0.3, 0.4) is 0 Å². The summed E-state index contributed by atoms with van der Waals surface area (Å²) in [6.45, 7) is 4.08. The van der Waals surface area contributed by atoms with Gasteiger partial charge >= 0.3 is 0 Å². The molecule has 0 atom stereocenters. The fraction of sp³-hybridized carbons (Fsp3) is 0.400. The number of rotatable bonds is 5. The highest BCUT2D eigenvalue weighted by Crippen LogP contribution is 2.24. The van der Waals surface area contributed by atoms with E-state index >= 15 is 0 Å². The van der Waals surface area contributed by atoms with Gasteiger partial charge in [-0.25, -0.2) is 8.42 Å². The molecule has 1 aromatic carbocycles. The highest BCUT2D eigenvalue weighted by molar-refractivity contribution is 7.89. The molecule has 17 heavy (non-hydrogen) atoms. The van der Waals surface area contributed by atoms with Crippen molar-refractivity contribution in [2.45, 2.75) is 18.7 Å². The fourth-order valence-electron chi connectivity index (χ4n) is 1.01. The van der Waals surface area contributed by atoms with Crippen LogP contribution in [0.2, 0.25) is 10.0 Å². The molecule has 0 amide bonds. The van der Waals surface area contributed by atoms with Crippen molar-refractivity contribution in [2.75, 3.05) is 6.61 Å². The molecule has 0 spiro atoms. The molecule has 0 aliphatic carbocycles. The predicted octanol–water partition coefficient (Wildman–Crippen LogP) is 2.86. The lowest BCUT2D eigenvalue weighted by Gasteiger charge is -2.10. The van der Waals surface area contributed by atoms with Crippen molar-refractivity contribution in [2.24, 2.45) is 5.92 Å².